The number of rotatable bonds is 5. The van der Waals surface area contributed by atoms with Crippen molar-refractivity contribution in [2.75, 3.05) is 30.4 Å². The molecule has 2 heterocycles. The van der Waals surface area contributed by atoms with E-state index in [0.717, 1.165) is 49.3 Å². The van der Waals surface area contributed by atoms with E-state index in [9.17, 15) is 0 Å². The standard InChI is InChI=1S/C17H30N4/c1-5-8-15-19-16(18-4)13(3)17(20-15)21-11-7-9-14(6-2)10-12-21/h14H,5-12H2,1-4H3,(H,18,19,20). The number of aryl methyl sites for hydroxylation is 1. The molecule has 1 aliphatic rings. The molecule has 0 aliphatic carbocycles. The highest BCUT2D eigenvalue weighted by Gasteiger charge is 2.20. The van der Waals surface area contributed by atoms with E-state index in [1.54, 1.807) is 0 Å². The van der Waals surface area contributed by atoms with Gasteiger partial charge in [-0.15, -0.1) is 0 Å². The molecule has 0 bridgehead atoms. The van der Waals surface area contributed by atoms with Gasteiger partial charge < -0.3 is 10.2 Å². The first-order chi connectivity index (χ1) is 10.2. The Kier molecular flexibility index (Phi) is 5.83. The first-order valence-corrected chi connectivity index (χ1v) is 8.49. The molecule has 1 fully saturated rings. The first kappa shape index (κ1) is 16.1. The quantitative estimate of drug-likeness (QED) is 0.895. The van der Waals surface area contributed by atoms with E-state index in [1.165, 1.54) is 31.2 Å². The molecule has 1 aromatic heterocycles. The molecule has 2 rings (SSSR count). The van der Waals surface area contributed by atoms with E-state index >= 15 is 0 Å². The summed E-state index contributed by atoms with van der Waals surface area (Å²) in [4.78, 5) is 12.0. The fourth-order valence-corrected chi connectivity index (χ4v) is 3.22. The zero-order valence-electron chi connectivity index (χ0n) is 14.1. The smallest absolute Gasteiger partial charge is 0.137 e. The lowest BCUT2D eigenvalue weighted by molar-refractivity contribution is 0.459. The predicted octanol–water partition coefficient (Wildman–Crippen LogP) is 3.80. The van der Waals surface area contributed by atoms with Crippen LogP contribution in [0.1, 0.15) is 57.3 Å². The van der Waals surface area contributed by atoms with Gasteiger partial charge in [-0.3, -0.25) is 0 Å². The summed E-state index contributed by atoms with van der Waals surface area (Å²) in [6.45, 7) is 8.89. The van der Waals surface area contributed by atoms with Crippen LogP contribution in [0.4, 0.5) is 11.6 Å². The molecular formula is C17H30N4. The van der Waals surface area contributed by atoms with Crippen molar-refractivity contribution in [3.8, 4) is 0 Å². The topological polar surface area (TPSA) is 41.1 Å². The Morgan fingerprint density at radius 3 is 2.67 bits per heavy atom. The second-order valence-corrected chi connectivity index (χ2v) is 6.13. The zero-order valence-corrected chi connectivity index (χ0v) is 14.1. The Morgan fingerprint density at radius 1 is 1.19 bits per heavy atom. The maximum atomic E-state index is 4.86. The lowest BCUT2D eigenvalue weighted by atomic mass is 9.98. The average Bonchev–Trinajstić information content (AvgIpc) is 2.74. The fraction of sp³-hybridized carbons (Fsp3) is 0.765. The van der Waals surface area contributed by atoms with Crippen molar-refractivity contribution in [2.45, 2.75) is 59.3 Å². The third kappa shape index (κ3) is 3.86. The summed E-state index contributed by atoms with van der Waals surface area (Å²) in [6.07, 6.45) is 7.27. The second-order valence-electron chi connectivity index (χ2n) is 6.13. The van der Waals surface area contributed by atoms with E-state index < -0.39 is 0 Å². The molecule has 21 heavy (non-hydrogen) atoms. The molecule has 1 atom stereocenters. The monoisotopic (exact) mass is 290 g/mol. The highest BCUT2D eigenvalue weighted by Crippen LogP contribution is 2.28. The third-order valence-electron chi connectivity index (χ3n) is 4.60. The van der Waals surface area contributed by atoms with Crippen molar-refractivity contribution in [3.05, 3.63) is 11.4 Å². The summed E-state index contributed by atoms with van der Waals surface area (Å²) < 4.78 is 0. The van der Waals surface area contributed by atoms with E-state index in [1.807, 2.05) is 7.05 Å². The highest BCUT2D eigenvalue weighted by atomic mass is 15.2. The van der Waals surface area contributed by atoms with Crippen LogP contribution in [0.25, 0.3) is 0 Å². The normalized spacial score (nSPS) is 19.4. The zero-order chi connectivity index (χ0) is 15.2. The Bertz CT molecular complexity index is 458. The van der Waals surface area contributed by atoms with E-state index in [2.05, 4.69) is 36.0 Å². The highest BCUT2D eigenvalue weighted by molar-refractivity contribution is 5.58. The Morgan fingerprint density at radius 2 is 2.00 bits per heavy atom. The first-order valence-electron chi connectivity index (χ1n) is 8.49. The van der Waals surface area contributed by atoms with Crippen LogP contribution in [0.5, 0.6) is 0 Å². The summed E-state index contributed by atoms with van der Waals surface area (Å²) in [5, 5.41) is 3.23. The lowest BCUT2D eigenvalue weighted by Gasteiger charge is -2.25. The molecule has 1 unspecified atom stereocenters. The van der Waals surface area contributed by atoms with Gasteiger partial charge in [0.2, 0.25) is 0 Å². The molecule has 1 saturated heterocycles. The maximum absolute atomic E-state index is 4.86. The van der Waals surface area contributed by atoms with Gasteiger partial charge in [0, 0.05) is 32.1 Å². The minimum atomic E-state index is 0.885. The van der Waals surface area contributed by atoms with Crippen molar-refractivity contribution in [2.24, 2.45) is 5.92 Å². The van der Waals surface area contributed by atoms with Gasteiger partial charge in [-0.25, -0.2) is 9.97 Å². The van der Waals surface area contributed by atoms with Crippen LogP contribution < -0.4 is 10.2 Å². The number of hydrogen-bond donors (Lipinski definition) is 1. The van der Waals surface area contributed by atoms with Crippen molar-refractivity contribution in [1.82, 2.24) is 9.97 Å². The van der Waals surface area contributed by atoms with Crippen molar-refractivity contribution < 1.29 is 0 Å². The molecule has 1 aromatic rings. The van der Waals surface area contributed by atoms with Gasteiger partial charge in [-0.05, 0) is 38.5 Å². The molecule has 0 spiro atoms. The number of aromatic nitrogens is 2. The van der Waals surface area contributed by atoms with Crippen molar-refractivity contribution >= 4 is 11.6 Å². The van der Waals surface area contributed by atoms with Gasteiger partial charge in [0.1, 0.15) is 17.5 Å². The maximum Gasteiger partial charge on any atom is 0.137 e. The van der Waals surface area contributed by atoms with Gasteiger partial charge >= 0.3 is 0 Å². The number of nitrogens with zero attached hydrogens (tertiary/aromatic N) is 3. The molecule has 0 aromatic carbocycles. The molecule has 0 amide bonds. The van der Waals surface area contributed by atoms with Crippen LogP contribution in [0, 0.1) is 12.8 Å². The van der Waals surface area contributed by atoms with Gasteiger partial charge in [-0.2, -0.15) is 0 Å². The number of hydrogen-bond acceptors (Lipinski definition) is 4. The molecule has 118 valence electrons. The van der Waals surface area contributed by atoms with Gasteiger partial charge in [0.15, 0.2) is 0 Å². The average molecular weight is 290 g/mol. The third-order valence-corrected chi connectivity index (χ3v) is 4.60. The van der Waals surface area contributed by atoms with Crippen LogP contribution in [0.2, 0.25) is 0 Å². The molecule has 4 nitrogen and oxygen atoms in total. The van der Waals surface area contributed by atoms with Crippen LogP contribution in [0.3, 0.4) is 0 Å². The summed E-state index contributed by atoms with van der Waals surface area (Å²) in [5.74, 6) is 3.99. The fourth-order valence-electron chi connectivity index (χ4n) is 3.22. The molecule has 0 radical (unpaired) electrons. The Labute approximate surface area is 129 Å². The van der Waals surface area contributed by atoms with Crippen LogP contribution in [-0.4, -0.2) is 30.1 Å². The summed E-state index contributed by atoms with van der Waals surface area (Å²) in [5.41, 5.74) is 1.19. The molecular weight excluding hydrogens is 260 g/mol. The number of nitrogens with one attached hydrogen (secondary N) is 1. The Balaban J connectivity index is 2.26. The van der Waals surface area contributed by atoms with Gasteiger partial charge in [0.05, 0.1) is 0 Å². The van der Waals surface area contributed by atoms with Crippen LogP contribution in [-0.2, 0) is 6.42 Å². The SMILES string of the molecule is CCCc1nc(NC)c(C)c(N2CCCC(CC)CC2)n1. The largest absolute Gasteiger partial charge is 0.373 e. The molecule has 0 saturated carbocycles. The molecule has 4 heteroatoms. The van der Waals surface area contributed by atoms with Gasteiger partial charge in [0.25, 0.3) is 0 Å². The summed E-state index contributed by atoms with van der Waals surface area (Å²) in [7, 11) is 1.95. The lowest BCUT2D eigenvalue weighted by Crippen LogP contribution is -2.27. The van der Waals surface area contributed by atoms with E-state index in [-0.39, 0.29) is 0 Å². The van der Waals surface area contributed by atoms with Crippen LogP contribution >= 0.6 is 0 Å². The van der Waals surface area contributed by atoms with E-state index in [0.29, 0.717) is 0 Å². The minimum absolute atomic E-state index is 0.885. The van der Waals surface area contributed by atoms with Gasteiger partial charge in [-0.1, -0.05) is 20.3 Å². The summed E-state index contributed by atoms with van der Waals surface area (Å²) in [6, 6.07) is 0. The number of anilines is 2. The second kappa shape index (κ2) is 7.62. The molecule has 1 N–H and O–H groups in total. The van der Waals surface area contributed by atoms with Crippen molar-refractivity contribution in [3.63, 3.8) is 0 Å². The minimum Gasteiger partial charge on any atom is -0.373 e. The van der Waals surface area contributed by atoms with Crippen LogP contribution in [0.15, 0.2) is 0 Å². The van der Waals surface area contributed by atoms with E-state index in [4.69, 9.17) is 4.98 Å². The Hall–Kier alpha value is -1.32. The molecule has 1 aliphatic heterocycles. The van der Waals surface area contributed by atoms with Crippen molar-refractivity contribution in [1.29, 1.82) is 0 Å². The predicted molar refractivity (Wildman–Crippen MR) is 90.2 cm³/mol. The summed E-state index contributed by atoms with van der Waals surface area (Å²) >= 11 is 0.